The molecule has 3 N–H and O–H groups in total. The molecular formula is C12H23NO4. The fraction of sp³-hybridized carbons (Fsp3) is 0.917. The second-order valence-electron chi connectivity index (χ2n) is 5.67. The molecule has 0 saturated heterocycles. The van der Waals surface area contributed by atoms with E-state index in [4.69, 9.17) is 14.9 Å². The van der Waals surface area contributed by atoms with Crippen molar-refractivity contribution in [3.05, 3.63) is 0 Å². The number of carbonyl (C=O) groups excluding carboxylic acids is 1. The second-order valence-corrected chi connectivity index (χ2v) is 5.67. The summed E-state index contributed by atoms with van der Waals surface area (Å²) in [7, 11) is 0. The SMILES string of the molecule is CC(C)(C)OC(=O)N[C@H]1CC[C@@H](C(O)O)CC1. The van der Waals surface area contributed by atoms with Crippen LogP contribution in [0.1, 0.15) is 46.5 Å². The summed E-state index contributed by atoms with van der Waals surface area (Å²) in [5, 5.41) is 20.9. The quantitative estimate of drug-likeness (QED) is 0.642. The minimum Gasteiger partial charge on any atom is -0.444 e. The van der Waals surface area contributed by atoms with Crippen molar-refractivity contribution < 1.29 is 19.7 Å². The Morgan fingerprint density at radius 3 is 2.18 bits per heavy atom. The summed E-state index contributed by atoms with van der Waals surface area (Å²) in [6.45, 7) is 5.47. The van der Waals surface area contributed by atoms with Crippen molar-refractivity contribution in [2.45, 2.75) is 64.4 Å². The zero-order valence-electron chi connectivity index (χ0n) is 10.8. The highest BCUT2D eigenvalue weighted by molar-refractivity contribution is 5.68. The average molecular weight is 245 g/mol. The molecule has 0 bridgehead atoms. The Morgan fingerprint density at radius 2 is 1.76 bits per heavy atom. The molecule has 1 amide bonds. The zero-order chi connectivity index (χ0) is 13.1. The monoisotopic (exact) mass is 245 g/mol. The average Bonchev–Trinajstić information content (AvgIpc) is 2.15. The third-order valence-electron chi connectivity index (χ3n) is 2.91. The lowest BCUT2D eigenvalue weighted by atomic mass is 9.86. The zero-order valence-corrected chi connectivity index (χ0v) is 10.8. The molecule has 0 aromatic heterocycles. The lowest BCUT2D eigenvalue weighted by molar-refractivity contribution is -0.0941. The molecule has 0 unspecified atom stereocenters. The first-order valence-corrected chi connectivity index (χ1v) is 6.13. The van der Waals surface area contributed by atoms with E-state index in [1.165, 1.54) is 0 Å². The highest BCUT2D eigenvalue weighted by Crippen LogP contribution is 2.26. The van der Waals surface area contributed by atoms with Crippen LogP contribution in [0.4, 0.5) is 4.79 Å². The van der Waals surface area contributed by atoms with Crippen LogP contribution in [0.5, 0.6) is 0 Å². The minimum absolute atomic E-state index is 0.0633. The molecule has 0 heterocycles. The van der Waals surface area contributed by atoms with Crippen LogP contribution in [-0.2, 0) is 4.74 Å². The number of aliphatic hydroxyl groups is 2. The number of ether oxygens (including phenoxy) is 1. The highest BCUT2D eigenvalue weighted by Gasteiger charge is 2.27. The van der Waals surface area contributed by atoms with Gasteiger partial charge in [-0.2, -0.15) is 0 Å². The number of alkyl carbamates (subject to hydrolysis) is 1. The number of carbonyl (C=O) groups is 1. The minimum atomic E-state index is -1.24. The van der Waals surface area contributed by atoms with Gasteiger partial charge in [0.05, 0.1) is 0 Å². The molecule has 0 atom stereocenters. The van der Waals surface area contributed by atoms with Gasteiger partial charge in [-0.05, 0) is 46.5 Å². The van der Waals surface area contributed by atoms with Gasteiger partial charge < -0.3 is 20.3 Å². The molecule has 1 rings (SSSR count). The summed E-state index contributed by atoms with van der Waals surface area (Å²) < 4.78 is 5.17. The summed E-state index contributed by atoms with van der Waals surface area (Å²) in [4.78, 5) is 11.5. The van der Waals surface area contributed by atoms with Crippen molar-refractivity contribution >= 4 is 6.09 Å². The van der Waals surface area contributed by atoms with Crippen molar-refractivity contribution in [1.29, 1.82) is 0 Å². The number of amides is 1. The third kappa shape index (κ3) is 5.37. The Morgan fingerprint density at radius 1 is 1.24 bits per heavy atom. The highest BCUT2D eigenvalue weighted by atomic mass is 16.6. The van der Waals surface area contributed by atoms with Crippen LogP contribution in [0, 0.1) is 5.92 Å². The fourth-order valence-electron chi connectivity index (χ4n) is 2.04. The first-order valence-electron chi connectivity index (χ1n) is 6.13. The van der Waals surface area contributed by atoms with E-state index in [0.29, 0.717) is 0 Å². The van der Waals surface area contributed by atoms with Gasteiger partial charge in [0.1, 0.15) is 5.60 Å². The van der Waals surface area contributed by atoms with E-state index in [0.717, 1.165) is 25.7 Å². The van der Waals surface area contributed by atoms with Crippen LogP contribution >= 0.6 is 0 Å². The first kappa shape index (κ1) is 14.3. The van der Waals surface area contributed by atoms with Gasteiger partial charge in [0.25, 0.3) is 0 Å². The molecule has 5 heteroatoms. The first-order chi connectivity index (χ1) is 7.78. The molecule has 0 aromatic rings. The van der Waals surface area contributed by atoms with Crippen molar-refractivity contribution in [3.63, 3.8) is 0 Å². The molecule has 0 aliphatic heterocycles. The van der Waals surface area contributed by atoms with Gasteiger partial charge >= 0.3 is 6.09 Å². The summed E-state index contributed by atoms with van der Waals surface area (Å²) in [5.41, 5.74) is -0.484. The Balaban J connectivity index is 2.29. The van der Waals surface area contributed by atoms with Crippen LogP contribution in [0.3, 0.4) is 0 Å². The van der Waals surface area contributed by atoms with E-state index in [-0.39, 0.29) is 12.0 Å². The molecule has 5 nitrogen and oxygen atoms in total. The van der Waals surface area contributed by atoms with Gasteiger partial charge in [0.15, 0.2) is 6.29 Å². The van der Waals surface area contributed by atoms with E-state index < -0.39 is 18.0 Å². The Kier molecular flexibility index (Phi) is 4.77. The van der Waals surface area contributed by atoms with Gasteiger partial charge in [-0.3, -0.25) is 0 Å². The van der Waals surface area contributed by atoms with Gasteiger partial charge in [0, 0.05) is 12.0 Å². The smallest absolute Gasteiger partial charge is 0.407 e. The number of hydrogen-bond acceptors (Lipinski definition) is 4. The lowest BCUT2D eigenvalue weighted by Gasteiger charge is -2.30. The predicted molar refractivity (Wildman–Crippen MR) is 63.3 cm³/mol. The van der Waals surface area contributed by atoms with Gasteiger partial charge in [-0.1, -0.05) is 0 Å². The van der Waals surface area contributed by atoms with Crippen molar-refractivity contribution in [1.82, 2.24) is 5.32 Å². The Bertz CT molecular complexity index is 252. The number of rotatable bonds is 2. The summed E-state index contributed by atoms with van der Waals surface area (Å²) >= 11 is 0. The van der Waals surface area contributed by atoms with E-state index in [9.17, 15) is 4.79 Å². The standard InChI is InChI=1S/C12H23NO4/c1-12(2,3)17-11(16)13-9-6-4-8(5-7-9)10(14)15/h8-10,14-15H,4-7H2,1-3H3,(H,13,16)/t8-,9+. The van der Waals surface area contributed by atoms with Crippen molar-refractivity contribution in [2.75, 3.05) is 0 Å². The summed E-state index contributed by atoms with van der Waals surface area (Å²) in [5.74, 6) is -0.0633. The van der Waals surface area contributed by atoms with Crippen LogP contribution in [-0.4, -0.2) is 34.2 Å². The molecule has 100 valence electrons. The van der Waals surface area contributed by atoms with Crippen LogP contribution in [0.2, 0.25) is 0 Å². The molecule has 1 fully saturated rings. The molecule has 0 aromatic carbocycles. The van der Waals surface area contributed by atoms with Crippen LogP contribution in [0.25, 0.3) is 0 Å². The van der Waals surface area contributed by atoms with Gasteiger partial charge in [-0.15, -0.1) is 0 Å². The lowest BCUT2D eigenvalue weighted by Crippen LogP contribution is -2.42. The number of aliphatic hydroxyl groups excluding tert-OH is 1. The maximum atomic E-state index is 11.5. The van der Waals surface area contributed by atoms with E-state index in [1.54, 1.807) is 0 Å². The molecular weight excluding hydrogens is 222 g/mol. The summed E-state index contributed by atoms with van der Waals surface area (Å²) in [6, 6.07) is 0.0832. The fourth-order valence-corrected chi connectivity index (χ4v) is 2.04. The maximum absolute atomic E-state index is 11.5. The van der Waals surface area contributed by atoms with Gasteiger partial charge in [0.2, 0.25) is 0 Å². The molecule has 1 saturated carbocycles. The van der Waals surface area contributed by atoms with E-state index in [2.05, 4.69) is 5.32 Å². The molecule has 17 heavy (non-hydrogen) atoms. The summed E-state index contributed by atoms with van der Waals surface area (Å²) in [6.07, 6.45) is 1.34. The topological polar surface area (TPSA) is 78.8 Å². The Labute approximate surface area is 102 Å². The third-order valence-corrected chi connectivity index (χ3v) is 2.91. The normalized spacial score (nSPS) is 25.8. The molecule has 0 radical (unpaired) electrons. The van der Waals surface area contributed by atoms with Crippen LogP contribution in [0.15, 0.2) is 0 Å². The maximum Gasteiger partial charge on any atom is 0.407 e. The number of hydrogen-bond donors (Lipinski definition) is 3. The van der Waals surface area contributed by atoms with Gasteiger partial charge in [-0.25, -0.2) is 4.79 Å². The van der Waals surface area contributed by atoms with Crippen LogP contribution < -0.4 is 5.32 Å². The van der Waals surface area contributed by atoms with E-state index >= 15 is 0 Å². The van der Waals surface area contributed by atoms with Crippen molar-refractivity contribution in [3.8, 4) is 0 Å². The molecule has 0 spiro atoms. The second kappa shape index (κ2) is 5.69. The Hall–Kier alpha value is -0.810. The molecule has 1 aliphatic rings. The van der Waals surface area contributed by atoms with E-state index in [1.807, 2.05) is 20.8 Å². The predicted octanol–water partition coefficient (Wildman–Crippen LogP) is 1.38. The van der Waals surface area contributed by atoms with Crippen molar-refractivity contribution in [2.24, 2.45) is 5.92 Å². The number of nitrogens with one attached hydrogen (secondary N) is 1. The largest absolute Gasteiger partial charge is 0.444 e. The molecule has 1 aliphatic carbocycles.